The van der Waals surface area contributed by atoms with Crippen LogP contribution in [0.1, 0.15) is 19.8 Å². The van der Waals surface area contributed by atoms with E-state index in [1.54, 1.807) is 19.1 Å². The van der Waals surface area contributed by atoms with Gasteiger partial charge in [-0.05, 0) is 12.8 Å². The number of rotatable bonds is 9. The van der Waals surface area contributed by atoms with Gasteiger partial charge >= 0.3 is 7.60 Å². The number of hydrogen-bond donors (Lipinski definition) is 0. The minimum atomic E-state index is -2.86. The van der Waals surface area contributed by atoms with Gasteiger partial charge in [0.25, 0.3) is 0 Å². The molecule has 3 nitrogen and oxygen atoms in total. The second-order valence-corrected chi connectivity index (χ2v) is 5.12. The van der Waals surface area contributed by atoms with Gasteiger partial charge in [0.1, 0.15) is 0 Å². The molecule has 0 amide bonds. The summed E-state index contributed by atoms with van der Waals surface area (Å²) in [4.78, 5) is 0. The summed E-state index contributed by atoms with van der Waals surface area (Å²) in [5.41, 5.74) is 0. The zero-order valence-corrected chi connectivity index (χ0v) is 9.67. The molecule has 0 spiro atoms. The molecule has 0 aromatic carbocycles. The lowest BCUT2D eigenvalue weighted by Gasteiger charge is -2.15. The van der Waals surface area contributed by atoms with Crippen LogP contribution in [0.2, 0.25) is 0 Å². The fourth-order valence-electron chi connectivity index (χ4n) is 0.770. The average molecular weight is 218 g/mol. The molecular formula is C10H19O3P. The normalized spacial score (nSPS) is 11.2. The maximum atomic E-state index is 11.8. The molecule has 0 aromatic rings. The first-order chi connectivity index (χ1) is 6.68. The second kappa shape index (κ2) is 7.98. The second-order valence-electron chi connectivity index (χ2n) is 2.75. The minimum Gasteiger partial charge on any atom is -0.308 e. The molecule has 0 aliphatic carbocycles. The first-order valence-corrected chi connectivity index (χ1v) is 6.51. The molecule has 0 atom stereocenters. The standard InChI is InChI=1S/C10H19O3P/c1-4-7-9-12-14(11,6-3)13-10-8-5-2/h4-5H,1-2,6-10H2,3H3. The maximum absolute atomic E-state index is 11.8. The van der Waals surface area contributed by atoms with Crippen molar-refractivity contribution in [2.75, 3.05) is 19.4 Å². The van der Waals surface area contributed by atoms with Crippen molar-refractivity contribution in [1.29, 1.82) is 0 Å². The molecule has 0 unspecified atom stereocenters. The zero-order chi connectivity index (χ0) is 10.9. The molecule has 0 heterocycles. The lowest BCUT2D eigenvalue weighted by Crippen LogP contribution is -2.00. The Morgan fingerprint density at radius 3 is 1.86 bits per heavy atom. The Bertz CT molecular complexity index is 195. The molecule has 0 fully saturated rings. The van der Waals surface area contributed by atoms with Crippen LogP contribution in [0, 0.1) is 0 Å². The molecule has 0 rings (SSSR count). The van der Waals surface area contributed by atoms with Gasteiger partial charge in [-0.15, -0.1) is 13.2 Å². The smallest absolute Gasteiger partial charge is 0.308 e. The third-order valence-corrected chi connectivity index (χ3v) is 3.53. The first kappa shape index (κ1) is 13.6. The molecule has 0 saturated carbocycles. The highest BCUT2D eigenvalue weighted by Crippen LogP contribution is 2.47. The third kappa shape index (κ3) is 6.14. The van der Waals surface area contributed by atoms with Crippen LogP contribution in [0.25, 0.3) is 0 Å². The van der Waals surface area contributed by atoms with Gasteiger partial charge in [-0.3, -0.25) is 4.57 Å². The maximum Gasteiger partial charge on any atom is 0.330 e. The van der Waals surface area contributed by atoms with E-state index in [-0.39, 0.29) is 0 Å². The molecule has 0 aliphatic rings. The van der Waals surface area contributed by atoms with Gasteiger partial charge in [-0.25, -0.2) is 0 Å². The van der Waals surface area contributed by atoms with Gasteiger partial charge in [-0.1, -0.05) is 19.1 Å². The van der Waals surface area contributed by atoms with Gasteiger partial charge in [0.2, 0.25) is 0 Å². The molecule has 82 valence electrons. The van der Waals surface area contributed by atoms with E-state index < -0.39 is 7.60 Å². The van der Waals surface area contributed by atoms with E-state index in [1.807, 2.05) is 0 Å². The summed E-state index contributed by atoms with van der Waals surface area (Å²) in [6.07, 6.45) is 5.23. The minimum absolute atomic E-state index is 0.404. The third-order valence-electron chi connectivity index (χ3n) is 1.61. The van der Waals surface area contributed by atoms with Crippen molar-refractivity contribution in [1.82, 2.24) is 0 Å². The lowest BCUT2D eigenvalue weighted by atomic mass is 10.5. The van der Waals surface area contributed by atoms with E-state index in [0.29, 0.717) is 32.2 Å². The van der Waals surface area contributed by atoms with Crippen LogP contribution in [0.15, 0.2) is 25.3 Å². The summed E-state index contributed by atoms with van der Waals surface area (Å²) in [6.45, 7) is 9.72. The molecule has 14 heavy (non-hydrogen) atoms. The van der Waals surface area contributed by atoms with Gasteiger partial charge in [-0.2, -0.15) is 0 Å². The molecule has 0 aliphatic heterocycles. The monoisotopic (exact) mass is 218 g/mol. The van der Waals surface area contributed by atoms with E-state index in [4.69, 9.17) is 9.05 Å². The van der Waals surface area contributed by atoms with Gasteiger partial charge in [0.05, 0.1) is 13.2 Å². The molecule has 0 radical (unpaired) electrons. The molecule has 0 N–H and O–H groups in total. The van der Waals surface area contributed by atoms with Crippen molar-refractivity contribution in [2.24, 2.45) is 0 Å². The van der Waals surface area contributed by atoms with Crippen molar-refractivity contribution in [3.63, 3.8) is 0 Å². The van der Waals surface area contributed by atoms with Gasteiger partial charge in [0.15, 0.2) is 0 Å². The van der Waals surface area contributed by atoms with Crippen molar-refractivity contribution in [3.05, 3.63) is 25.3 Å². The Kier molecular flexibility index (Phi) is 7.77. The summed E-state index contributed by atoms with van der Waals surface area (Å²) in [6, 6.07) is 0. The van der Waals surface area contributed by atoms with Crippen LogP contribution in [-0.4, -0.2) is 19.4 Å². The highest BCUT2D eigenvalue weighted by molar-refractivity contribution is 7.53. The van der Waals surface area contributed by atoms with Gasteiger partial charge < -0.3 is 9.05 Å². The largest absolute Gasteiger partial charge is 0.330 e. The van der Waals surface area contributed by atoms with Gasteiger partial charge in [0, 0.05) is 6.16 Å². The highest BCUT2D eigenvalue weighted by Gasteiger charge is 2.20. The van der Waals surface area contributed by atoms with Crippen LogP contribution >= 0.6 is 7.60 Å². The molecule has 0 aromatic heterocycles. The van der Waals surface area contributed by atoms with E-state index in [0.717, 1.165) is 0 Å². The van der Waals surface area contributed by atoms with Crippen LogP contribution in [-0.2, 0) is 13.6 Å². The molecule has 0 bridgehead atoms. The van der Waals surface area contributed by atoms with E-state index in [1.165, 1.54) is 0 Å². The average Bonchev–Trinajstić information content (AvgIpc) is 2.19. The predicted molar refractivity (Wildman–Crippen MR) is 59.7 cm³/mol. The summed E-state index contributed by atoms with van der Waals surface area (Å²) in [5.74, 6) is 0. The SMILES string of the molecule is C=CCCOP(=O)(CC)OCCC=C. The Balaban J connectivity index is 3.84. The van der Waals surface area contributed by atoms with E-state index >= 15 is 0 Å². The molecule has 4 heteroatoms. The van der Waals surface area contributed by atoms with Crippen molar-refractivity contribution < 1.29 is 13.6 Å². The predicted octanol–water partition coefficient (Wildman–Crippen LogP) is 3.38. The molecular weight excluding hydrogens is 199 g/mol. The Labute approximate surface area is 86.3 Å². The van der Waals surface area contributed by atoms with Crippen LogP contribution < -0.4 is 0 Å². The van der Waals surface area contributed by atoms with Crippen molar-refractivity contribution in [3.8, 4) is 0 Å². The van der Waals surface area contributed by atoms with Crippen LogP contribution in [0.5, 0.6) is 0 Å². The Morgan fingerprint density at radius 2 is 1.57 bits per heavy atom. The molecule has 0 saturated heterocycles. The highest BCUT2D eigenvalue weighted by atomic mass is 31.2. The van der Waals surface area contributed by atoms with Crippen molar-refractivity contribution >= 4 is 7.60 Å². The Morgan fingerprint density at radius 1 is 1.14 bits per heavy atom. The summed E-state index contributed by atoms with van der Waals surface area (Å²) >= 11 is 0. The fraction of sp³-hybridized carbons (Fsp3) is 0.600. The van der Waals surface area contributed by atoms with E-state index in [9.17, 15) is 4.57 Å². The Hall–Kier alpha value is -0.370. The number of hydrogen-bond acceptors (Lipinski definition) is 3. The van der Waals surface area contributed by atoms with Crippen molar-refractivity contribution in [2.45, 2.75) is 19.8 Å². The first-order valence-electron chi connectivity index (χ1n) is 4.78. The zero-order valence-electron chi connectivity index (χ0n) is 8.78. The summed E-state index contributed by atoms with van der Waals surface area (Å²) < 4.78 is 22.2. The van der Waals surface area contributed by atoms with Crippen LogP contribution in [0.4, 0.5) is 0 Å². The fourth-order valence-corrected chi connectivity index (χ4v) is 1.98. The topological polar surface area (TPSA) is 35.5 Å². The van der Waals surface area contributed by atoms with Crippen LogP contribution in [0.3, 0.4) is 0 Å². The van der Waals surface area contributed by atoms with E-state index in [2.05, 4.69) is 13.2 Å². The summed E-state index contributed by atoms with van der Waals surface area (Å²) in [7, 11) is -2.86. The quantitative estimate of drug-likeness (QED) is 0.338. The summed E-state index contributed by atoms with van der Waals surface area (Å²) in [5, 5.41) is 0. The lowest BCUT2D eigenvalue weighted by molar-refractivity contribution is 0.210.